The van der Waals surface area contributed by atoms with Gasteiger partial charge in [-0.1, -0.05) is 36.4 Å². The summed E-state index contributed by atoms with van der Waals surface area (Å²) in [6.07, 6.45) is 1.67. The molecule has 0 aliphatic carbocycles. The van der Waals surface area contributed by atoms with E-state index in [9.17, 15) is 5.11 Å². The summed E-state index contributed by atoms with van der Waals surface area (Å²) in [6.45, 7) is 4.57. The number of aliphatic hydroxyl groups is 1. The third kappa shape index (κ3) is 4.74. The van der Waals surface area contributed by atoms with Gasteiger partial charge in [0.1, 0.15) is 0 Å². The number of fused-ring (bicyclic) bond motifs is 1. The molecule has 0 bridgehead atoms. The number of aliphatic hydroxyl groups excluding tert-OH is 1. The van der Waals surface area contributed by atoms with Crippen LogP contribution in [-0.2, 0) is 0 Å². The molecule has 0 spiro atoms. The predicted octanol–water partition coefficient (Wildman–Crippen LogP) is 3.66. The molecule has 4 nitrogen and oxygen atoms in total. The molecule has 4 heteroatoms. The lowest BCUT2D eigenvalue weighted by Crippen LogP contribution is -2.25. The van der Waals surface area contributed by atoms with Crippen LogP contribution in [-0.4, -0.2) is 31.5 Å². The van der Waals surface area contributed by atoms with Crippen molar-refractivity contribution in [3.8, 4) is 11.5 Å². The maximum atomic E-state index is 9.38. The molecule has 134 valence electrons. The molecule has 0 aromatic heterocycles. The Labute approximate surface area is 149 Å². The lowest BCUT2D eigenvalue weighted by atomic mass is 9.95. The molecule has 2 unspecified atom stereocenters. The van der Waals surface area contributed by atoms with Crippen LogP contribution >= 0.6 is 0 Å². The zero-order valence-corrected chi connectivity index (χ0v) is 14.8. The minimum Gasteiger partial charge on any atom is -0.490 e. The fourth-order valence-corrected chi connectivity index (χ4v) is 3.15. The minimum atomic E-state index is 0.194. The van der Waals surface area contributed by atoms with Gasteiger partial charge in [0.05, 0.1) is 13.2 Å². The predicted molar refractivity (Wildman–Crippen MR) is 99.4 cm³/mol. The van der Waals surface area contributed by atoms with Crippen molar-refractivity contribution < 1.29 is 14.6 Å². The van der Waals surface area contributed by atoms with Gasteiger partial charge in [0.15, 0.2) is 11.5 Å². The van der Waals surface area contributed by atoms with E-state index in [4.69, 9.17) is 9.47 Å². The van der Waals surface area contributed by atoms with Crippen molar-refractivity contribution in [2.45, 2.75) is 31.7 Å². The van der Waals surface area contributed by atoms with E-state index in [0.717, 1.165) is 30.9 Å². The zero-order valence-electron chi connectivity index (χ0n) is 14.8. The Bertz CT molecular complexity index is 659. The summed E-state index contributed by atoms with van der Waals surface area (Å²) in [5.74, 6) is 1.96. The van der Waals surface area contributed by atoms with Gasteiger partial charge in [-0.15, -0.1) is 0 Å². The Kier molecular flexibility index (Phi) is 6.31. The smallest absolute Gasteiger partial charge is 0.161 e. The van der Waals surface area contributed by atoms with Crippen molar-refractivity contribution in [3.63, 3.8) is 0 Å². The average molecular weight is 341 g/mol. The van der Waals surface area contributed by atoms with Gasteiger partial charge in [0, 0.05) is 25.6 Å². The van der Waals surface area contributed by atoms with Crippen molar-refractivity contribution >= 4 is 0 Å². The van der Waals surface area contributed by atoms with Crippen LogP contribution in [0, 0.1) is 0 Å². The van der Waals surface area contributed by atoms with Crippen molar-refractivity contribution in [2.75, 3.05) is 26.4 Å². The largest absolute Gasteiger partial charge is 0.490 e. The van der Waals surface area contributed by atoms with Gasteiger partial charge in [-0.3, -0.25) is 0 Å². The second kappa shape index (κ2) is 8.88. The lowest BCUT2D eigenvalue weighted by Gasteiger charge is -2.21. The second-order valence-corrected chi connectivity index (χ2v) is 6.51. The number of hydrogen-bond donors (Lipinski definition) is 2. The van der Waals surface area contributed by atoms with E-state index in [-0.39, 0.29) is 12.6 Å². The van der Waals surface area contributed by atoms with Crippen LogP contribution in [0.25, 0.3) is 0 Å². The van der Waals surface area contributed by atoms with Gasteiger partial charge in [0.25, 0.3) is 0 Å². The third-order valence-electron chi connectivity index (χ3n) is 4.69. The minimum absolute atomic E-state index is 0.194. The zero-order chi connectivity index (χ0) is 17.5. The first-order valence-corrected chi connectivity index (χ1v) is 9.06. The maximum Gasteiger partial charge on any atom is 0.161 e. The van der Waals surface area contributed by atoms with E-state index in [0.29, 0.717) is 19.1 Å². The summed E-state index contributed by atoms with van der Waals surface area (Å²) >= 11 is 0. The summed E-state index contributed by atoms with van der Waals surface area (Å²) in [5.41, 5.74) is 2.44. The molecule has 25 heavy (non-hydrogen) atoms. The van der Waals surface area contributed by atoms with Gasteiger partial charge in [0.2, 0.25) is 0 Å². The molecule has 2 aromatic rings. The molecular formula is C21H27NO3. The molecule has 2 atom stereocenters. The molecule has 0 saturated carbocycles. The van der Waals surface area contributed by atoms with Crippen LogP contribution in [0.2, 0.25) is 0 Å². The first kappa shape index (κ1) is 17.8. The Hall–Kier alpha value is -2.04. The van der Waals surface area contributed by atoms with Gasteiger partial charge >= 0.3 is 0 Å². The van der Waals surface area contributed by atoms with Crippen molar-refractivity contribution in [3.05, 3.63) is 59.7 Å². The molecule has 2 aromatic carbocycles. The van der Waals surface area contributed by atoms with E-state index in [1.54, 1.807) is 0 Å². The molecule has 2 N–H and O–H groups in total. The van der Waals surface area contributed by atoms with Crippen molar-refractivity contribution in [2.24, 2.45) is 0 Å². The third-order valence-corrected chi connectivity index (χ3v) is 4.69. The van der Waals surface area contributed by atoms with Gasteiger partial charge in [-0.05, 0) is 42.5 Å². The van der Waals surface area contributed by atoms with E-state index in [1.807, 2.05) is 24.3 Å². The number of rotatable bonds is 7. The summed E-state index contributed by atoms with van der Waals surface area (Å²) < 4.78 is 11.5. The van der Waals surface area contributed by atoms with Gasteiger partial charge < -0.3 is 19.9 Å². The Balaban J connectivity index is 1.65. The quantitative estimate of drug-likeness (QED) is 0.807. The van der Waals surface area contributed by atoms with Crippen LogP contribution in [0.3, 0.4) is 0 Å². The summed E-state index contributed by atoms with van der Waals surface area (Å²) in [6, 6.07) is 16.7. The summed E-state index contributed by atoms with van der Waals surface area (Å²) in [4.78, 5) is 0. The summed E-state index contributed by atoms with van der Waals surface area (Å²) in [7, 11) is 0. The highest BCUT2D eigenvalue weighted by Crippen LogP contribution is 2.32. The number of benzene rings is 2. The SMILES string of the molecule is CC(NCC(CCO)c1ccccc1)c1ccc2c(c1)OCCCO2. The maximum absolute atomic E-state index is 9.38. The molecule has 0 saturated heterocycles. The highest BCUT2D eigenvalue weighted by atomic mass is 16.5. The molecule has 1 aliphatic heterocycles. The van der Waals surface area contributed by atoms with E-state index in [2.05, 4.69) is 36.5 Å². The highest BCUT2D eigenvalue weighted by Gasteiger charge is 2.16. The lowest BCUT2D eigenvalue weighted by molar-refractivity contribution is 0.272. The molecule has 3 rings (SSSR count). The highest BCUT2D eigenvalue weighted by molar-refractivity contribution is 5.44. The van der Waals surface area contributed by atoms with E-state index in [1.165, 1.54) is 11.1 Å². The van der Waals surface area contributed by atoms with Crippen molar-refractivity contribution in [1.29, 1.82) is 0 Å². The number of ether oxygens (including phenoxy) is 2. The molecule has 1 heterocycles. The fraction of sp³-hybridized carbons (Fsp3) is 0.429. The first-order valence-electron chi connectivity index (χ1n) is 9.06. The Morgan fingerprint density at radius 2 is 1.76 bits per heavy atom. The molecule has 0 radical (unpaired) electrons. The molecule has 0 fully saturated rings. The van der Waals surface area contributed by atoms with Gasteiger partial charge in [-0.25, -0.2) is 0 Å². The van der Waals surface area contributed by atoms with Crippen LogP contribution in [0.15, 0.2) is 48.5 Å². The number of hydrogen-bond acceptors (Lipinski definition) is 4. The molecular weight excluding hydrogens is 314 g/mol. The van der Waals surface area contributed by atoms with E-state index >= 15 is 0 Å². The van der Waals surface area contributed by atoms with Crippen LogP contribution in [0.4, 0.5) is 0 Å². The monoisotopic (exact) mass is 341 g/mol. The fourth-order valence-electron chi connectivity index (χ4n) is 3.15. The van der Waals surface area contributed by atoms with Crippen LogP contribution in [0.5, 0.6) is 11.5 Å². The first-order chi connectivity index (χ1) is 12.3. The van der Waals surface area contributed by atoms with Crippen LogP contribution in [0.1, 0.15) is 42.9 Å². The second-order valence-electron chi connectivity index (χ2n) is 6.51. The normalized spacial score (nSPS) is 16.1. The molecule has 1 aliphatic rings. The van der Waals surface area contributed by atoms with Crippen molar-refractivity contribution in [1.82, 2.24) is 5.32 Å². The van der Waals surface area contributed by atoms with Crippen LogP contribution < -0.4 is 14.8 Å². The average Bonchev–Trinajstić information content (AvgIpc) is 2.90. The Morgan fingerprint density at radius 1 is 1.00 bits per heavy atom. The van der Waals surface area contributed by atoms with Gasteiger partial charge in [-0.2, -0.15) is 0 Å². The Morgan fingerprint density at radius 3 is 2.52 bits per heavy atom. The molecule has 0 amide bonds. The number of nitrogens with one attached hydrogen (secondary N) is 1. The van der Waals surface area contributed by atoms with E-state index < -0.39 is 0 Å². The topological polar surface area (TPSA) is 50.7 Å². The summed E-state index contributed by atoms with van der Waals surface area (Å²) in [5, 5.41) is 13.0. The standard InChI is InChI=1S/C21H27NO3/c1-16(18-8-9-20-21(14-18)25-13-5-12-24-20)22-15-19(10-11-23)17-6-3-2-4-7-17/h2-4,6-9,14,16,19,22-23H,5,10-13,15H2,1H3.